The number of nitrogens with zero attached hydrogens (tertiary/aromatic N) is 4. The van der Waals surface area contributed by atoms with E-state index in [2.05, 4.69) is 10.2 Å². The van der Waals surface area contributed by atoms with E-state index < -0.39 is 0 Å². The zero-order chi connectivity index (χ0) is 21.8. The molecule has 154 valence electrons. The number of hydroxylamine groups is 2. The average Bonchev–Trinajstić information content (AvgIpc) is 3.23. The summed E-state index contributed by atoms with van der Waals surface area (Å²) in [4.78, 5) is 0. The van der Waals surface area contributed by atoms with E-state index in [-0.39, 0.29) is 6.61 Å². The van der Waals surface area contributed by atoms with Crippen LogP contribution in [0, 0.1) is 11.3 Å². The van der Waals surface area contributed by atoms with Gasteiger partial charge in [-0.1, -0.05) is 23.2 Å². The third-order valence-electron chi connectivity index (χ3n) is 4.22. The number of benzene rings is 2. The van der Waals surface area contributed by atoms with Crippen molar-refractivity contribution in [2.24, 2.45) is 10.2 Å². The molecule has 2 aliphatic rings. The molecule has 2 aliphatic heterocycles. The maximum Gasteiger partial charge on any atom is 0.149 e. The normalized spacial score (nSPS) is 14.6. The van der Waals surface area contributed by atoms with Gasteiger partial charge in [-0.15, -0.1) is 0 Å². The van der Waals surface area contributed by atoms with Crippen molar-refractivity contribution in [3.8, 4) is 23.3 Å². The lowest BCUT2D eigenvalue weighted by Crippen LogP contribution is -2.04. The minimum absolute atomic E-state index is 0.191. The van der Waals surface area contributed by atoms with Crippen LogP contribution < -0.4 is 9.47 Å². The van der Waals surface area contributed by atoms with Crippen LogP contribution >= 0.6 is 23.2 Å². The molecule has 0 saturated heterocycles. The molecule has 1 N–H and O–H groups in total. The van der Waals surface area contributed by atoms with Crippen molar-refractivity contribution >= 4 is 23.2 Å². The third-order valence-corrected chi connectivity index (χ3v) is 4.75. The lowest BCUT2D eigenvalue weighted by Gasteiger charge is -2.11. The van der Waals surface area contributed by atoms with Gasteiger partial charge in [0, 0.05) is 29.1 Å². The van der Waals surface area contributed by atoms with Gasteiger partial charge in [0.1, 0.15) is 29.6 Å². The molecule has 2 aromatic carbocycles. The number of ether oxygens (including phenoxy) is 2. The summed E-state index contributed by atoms with van der Waals surface area (Å²) in [5, 5.41) is 28.4. The quantitative estimate of drug-likeness (QED) is 0.568. The van der Waals surface area contributed by atoms with Gasteiger partial charge in [-0.3, -0.25) is 5.21 Å². The Hall–Kier alpha value is -3.57. The molecule has 0 unspecified atom stereocenters. The van der Waals surface area contributed by atoms with E-state index in [1.165, 1.54) is 12.4 Å². The van der Waals surface area contributed by atoms with Crippen LogP contribution in [0.2, 0.25) is 10.0 Å². The molecular formula is C22H14Cl2N4O3. The lowest BCUT2D eigenvalue weighted by molar-refractivity contribution is 0.0105. The van der Waals surface area contributed by atoms with E-state index in [9.17, 15) is 5.21 Å². The number of hydrogen-bond acceptors (Lipinski definition) is 7. The first kappa shape index (κ1) is 20.7. The molecule has 0 fully saturated rings. The van der Waals surface area contributed by atoms with E-state index in [1.807, 2.05) is 6.07 Å². The van der Waals surface area contributed by atoms with Crippen LogP contribution in [0.1, 0.15) is 5.56 Å². The van der Waals surface area contributed by atoms with Gasteiger partial charge in [0.2, 0.25) is 0 Å². The third kappa shape index (κ3) is 5.13. The SMILES string of the molecule is N#Cc1cc(Cl)cc(Oc2cc(OCC3=CC(=C4C=CN(O)C=C4)N=N3)ccc2Cl)c1. The summed E-state index contributed by atoms with van der Waals surface area (Å²) in [5.41, 5.74) is 2.52. The standard InChI is InChI=1S/C22H14Cl2N4O3/c23-16-7-14(12-25)8-19(9-16)31-22-11-18(1-2-20(22)24)30-13-17-10-21(27-26-17)15-3-5-28(29)6-4-15/h1-11,29H,13H2. The molecule has 0 aromatic heterocycles. The molecule has 2 heterocycles. The highest BCUT2D eigenvalue weighted by Gasteiger charge is 2.12. The Morgan fingerprint density at radius 1 is 1.03 bits per heavy atom. The van der Waals surface area contributed by atoms with Gasteiger partial charge in [-0.05, 0) is 48.6 Å². The van der Waals surface area contributed by atoms with Crippen LogP contribution in [-0.2, 0) is 0 Å². The van der Waals surface area contributed by atoms with E-state index in [1.54, 1.807) is 54.6 Å². The minimum atomic E-state index is 0.191. The van der Waals surface area contributed by atoms with Crippen molar-refractivity contribution in [3.63, 3.8) is 0 Å². The second-order valence-corrected chi connectivity index (χ2v) is 7.30. The summed E-state index contributed by atoms with van der Waals surface area (Å²) >= 11 is 12.3. The number of rotatable bonds is 5. The fraction of sp³-hybridized carbons (Fsp3) is 0.0455. The highest BCUT2D eigenvalue weighted by atomic mass is 35.5. The largest absolute Gasteiger partial charge is 0.487 e. The molecular weight excluding hydrogens is 439 g/mol. The van der Waals surface area contributed by atoms with Gasteiger partial charge < -0.3 is 9.47 Å². The first-order chi connectivity index (χ1) is 15.0. The molecule has 2 aromatic rings. The van der Waals surface area contributed by atoms with Gasteiger partial charge in [-0.2, -0.15) is 15.5 Å². The molecule has 0 radical (unpaired) electrons. The fourth-order valence-corrected chi connectivity index (χ4v) is 3.14. The Labute approximate surface area is 188 Å². The maximum absolute atomic E-state index is 9.31. The van der Waals surface area contributed by atoms with E-state index in [0.29, 0.717) is 44.3 Å². The van der Waals surface area contributed by atoms with Crippen LogP contribution in [-0.4, -0.2) is 16.9 Å². The Morgan fingerprint density at radius 3 is 2.61 bits per heavy atom. The molecule has 0 saturated carbocycles. The van der Waals surface area contributed by atoms with Crippen LogP contribution in [0.25, 0.3) is 0 Å². The minimum Gasteiger partial charge on any atom is -0.487 e. The summed E-state index contributed by atoms with van der Waals surface area (Å²) in [6, 6.07) is 11.7. The number of halogens is 2. The van der Waals surface area contributed by atoms with Crippen molar-refractivity contribution in [1.29, 1.82) is 5.26 Å². The summed E-state index contributed by atoms with van der Waals surface area (Å²) in [6.45, 7) is 0.191. The zero-order valence-electron chi connectivity index (χ0n) is 15.9. The van der Waals surface area contributed by atoms with E-state index in [0.717, 1.165) is 10.6 Å². The summed E-state index contributed by atoms with van der Waals surface area (Å²) in [6.07, 6.45) is 8.28. The van der Waals surface area contributed by atoms with Gasteiger partial charge in [-0.25, -0.2) is 5.06 Å². The van der Waals surface area contributed by atoms with Crippen molar-refractivity contribution in [2.75, 3.05) is 6.61 Å². The Bertz CT molecular complexity index is 1210. The van der Waals surface area contributed by atoms with Gasteiger partial charge in [0.15, 0.2) is 0 Å². The van der Waals surface area contributed by atoms with Crippen LogP contribution in [0.15, 0.2) is 94.2 Å². The van der Waals surface area contributed by atoms with Crippen molar-refractivity contribution in [1.82, 2.24) is 5.06 Å². The highest BCUT2D eigenvalue weighted by Crippen LogP contribution is 2.34. The molecule has 7 nitrogen and oxygen atoms in total. The predicted molar refractivity (Wildman–Crippen MR) is 115 cm³/mol. The molecule has 0 bridgehead atoms. The smallest absolute Gasteiger partial charge is 0.149 e. The van der Waals surface area contributed by atoms with Gasteiger partial charge in [0.05, 0.1) is 22.4 Å². The Morgan fingerprint density at radius 2 is 1.84 bits per heavy atom. The van der Waals surface area contributed by atoms with E-state index in [4.69, 9.17) is 37.9 Å². The van der Waals surface area contributed by atoms with Crippen LogP contribution in [0.3, 0.4) is 0 Å². The summed E-state index contributed by atoms with van der Waals surface area (Å²) in [7, 11) is 0. The second kappa shape index (κ2) is 9.06. The summed E-state index contributed by atoms with van der Waals surface area (Å²) < 4.78 is 11.6. The molecule has 0 atom stereocenters. The molecule has 0 amide bonds. The van der Waals surface area contributed by atoms with E-state index >= 15 is 0 Å². The number of hydrogen-bond donors (Lipinski definition) is 1. The second-order valence-electron chi connectivity index (χ2n) is 6.46. The average molecular weight is 453 g/mol. The first-order valence-electron chi connectivity index (χ1n) is 9.01. The first-order valence-corrected chi connectivity index (χ1v) is 9.77. The molecule has 0 spiro atoms. The van der Waals surface area contributed by atoms with Crippen LogP contribution in [0.4, 0.5) is 0 Å². The summed E-state index contributed by atoms with van der Waals surface area (Å²) in [5.74, 6) is 1.27. The maximum atomic E-state index is 9.31. The molecule has 0 aliphatic carbocycles. The topological polar surface area (TPSA) is 90.4 Å². The van der Waals surface area contributed by atoms with Crippen molar-refractivity contribution < 1.29 is 14.7 Å². The number of allylic oxidation sites excluding steroid dienone is 4. The fourth-order valence-electron chi connectivity index (χ4n) is 2.76. The van der Waals surface area contributed by atoms with Crippen molar-refractivity contribution in [2.45, 2.75) is 0 Å². The number of nitriles is 1. The van der Waals surface area contributed by atoms with Gasteiger partial charge in [0.25, 0.3) is 0 Å². The lowest BCUT2D eigenvalue weighted by atomic mass is 10.1. The Kier molecular flexibility index (Phi) is 6.05. The van der Waals surface area contributed by atoms with Crippen LogP contribution in [0.5, 0.6) is 17.2 Å². The Balaban J connectivity index is 1.46. The van der Waals surface area contributed by atoms with Gasteiger partial charge >= 0.3 is 0 Å². The monoisotopic (exact) mass is 452 g/mol. The number of azo groups is 1. The molecule has 4 rings (SSSR count). The predicted octanol–water partition coefficient (Wildman–Crippen LogP) is 6.37. The zero-order valence-corrected chi connectivity index (χ0v) is 17.4. The highest BCUT2D eigenvalue weighted by molar-refractivity contribution is 6.32. The molecule has 9 heteroatoms. The van der Waals surface area contributed by atoms with Crippen molar-refractivity contribution in [3.05, 3.63) is 99.6 Å². The molecule has 31 heavy (non-hydrogen) atoms.